The highest BCUT2D eigenvalue weighted by Crippen LogP contribution is 2.33. The Morgan fingerprint density at radius 2 is 1.77 bits per heavy atom. The number of hydrogen-bond donors (Lipinski definition) is 1. The molecule has 0 fully saturated rings. The Labute approximate surface area is 135 Å². The highest BCUT2D eigenvalue weighted by molar-refractivity contribution is 6.74. The molecule has 1 heterocycles. The van der Waals surface area contributed by atoms with Crippen LogP contribution in [-0.4, -0.2) is 38.8 Å². The number of rotatable bonds is 8. The minimum Gasteiger partial charge on any atom is -0.543 e. The van der Waals surface area contributed by atoms with Gasteiger partial charge in [0, 0.05) is 23.6 Å². The van der Waals surface area contributed by atoms with Crippen molar-refractivity contribution < 1.29 is 4.43 Å². The SMILES string of the molecule is CC[Si](CC)(CC)Oc1cccc2[nH]cc(CCN(C)C)c12. The number of hydrogen-bond acceptors (Lipinski definition) is 2. The highest BCUT2D eigenvalue weighted by atomic mass is 28.4. The summed E-state index contributed by atoms with van der Waals surface area (Å²) in [5.74, 6) is 1.09. The molecule has 0 bridgehead atoms. The fraction of sp³-hybridized carbons (Fsp3) is 0.556. The van der Waals surface area contributed by atoms with E-state index in [4.69, 9.17) is 4.43 Å². The van der Waals surface area contributed by atoms with Gasteiger partial charge in [0.25, 0.3) is 8.32 Å². The Morgan fingerprint density at radius 1 is 1.09 bits per heavy atom. The molecule has 2 aromatic rings. The fourth-order valence-electron chi connectivity index (χ4n) is 3.05. The molecule has 0 aliphatic rings. The zero-order valence-electron chi connectivity index (χ0n) is 14.7. The molecule has 3 nitrogen and oxygen atoms in total. The van der Waals surface area contributed by atoms with Crippen LogP contribution in [0.1, 0.15) is 26.3 Å². The molecule has 0 aliphatic heterocycles. The molecule has 0 saturated heterocycles. The molecule has 0 amide bonds. The molecule has 1 aromatic heterocycles. The number of fused-ring (bicyclic) bond motifs is 1. The zero-order valence-corrected chi connectivity index (χ0v) is 15.7. The summed E-state index contributed by atoms with van der Waals surface area (Å²) in [4.78, 5) is 5.64. The van der Waals surface area contributed by atoms with E-state index in [1.807, 2.05) is 0 Å². The third-order valence-corrected chi connectivity index (χ3v) is 9.36. The van der Waals surface area contributed by atoms with Gasteiger partial charge in [-0.05, 0) is 56.3 Å². The monoisotopic (exact) mass is 318 g/mol. The Morgan fingerprint density at radius 3 is 2.36 bits per heavy atom. The molecule has 122 valence electrons. The first-order chi connectivity index (χ1) is 10.5. The predicted molar refractivity (Wildman–Crippen MR) is 98.4 cm³/mol. The standard InChI is InChI=1S/C18H30N2OSi/c1-6-22(7-2,8-3)21-17-11-9-10-16-18(17)15(14-19-16)12-13-20(4)5/h9-11,14,19H,6-8,12-13H2,1-5H3. The number of likely N-dealkylation sites (N-methyl/N-ethyl adjacent to an activating group) is 1. The molecule has 4 heteroatoms. The third kappa shape index (κ3) is 3.55. The van der Waals surface area contributed by atoms with Crippen molar-refractivity contribution in [1.29, 1.82) is 0 Å². The Hall–Kier alpha value is -1.26. The van der Waals surface area contributed by atoms with Crippen LogP contribution >= 0.6 is 0 Å². The number of aromatic amines is 1. The van der Waals surface area contributed by atoms with Gasteiger partial charge < -0.3 is 14.3 Å². The van der Waals surface area contributed by atoms with Gasteiger partial charge in [-0.1, -0.05) is 26.8 Å². The van der Waals surface area contributed by atoms with Crippen molar-refractivity contribution in [1.82, 2.24) is 9.88 Å². The van der Waals surface area contributed by atoms with Crippen LogP contribution in [0.15, 0.2) is 24.4 Å². The second kappa shape index (κ2) is 7.33. The Kier molecular flexibility index (Phi) is 5.70. The van der Waals surface area contributed by atoms with Crippen molar-refractivity contribution in [2.75, 3.05) is 20.6 Å². The van der Waals surface area contributed by atoms with E-state index in [-0.39, 0.29) is 0 Å². The van der Waals surface area contributed by atoms with E-state index in [0.717, 1.165) is 18.7 Å². The average molecular weight is 319 g/mol. The molecule has 1 aromatic carbocycles. The van der Waals surface area contributed by atoms with Gasteiger partial charge in [0.2, 0.25) is 0 Å². The second-order valence-corrected chi connectivity index (χ2v) is 11.1. The van der Waals surface area contributed by atoms with Crippen molar-refractivity contribution in [2.45, 2.75) is 45.3 Å². The smallest absolute Gasteiger partial charge is 0.250 e. The lowest BCUT2D eigenvalue weighted by Crippen LogP contribution is -2.39. The maximum atomic E-state index is 6.67. The third-order valence-electron chi connectivity index (χ3n) is 4.84. The topological polar surface area (TPSA) is 28.3 Å². The summed E-state index contributed by atoms with van der Waals surface area (Å²) in [6.07, 6.45) is 3.19. The van der Waals surface area contributed by atoms with E-state index in [1.54, 1.807) is 0 Å². The molecular formula is C18H30N2OSi. The molecule has 0 unspecified atom stereocenters. The van der Waals surface area contributed by atoms with E-state index < -0.39 is 8.32 Å². The summed E-state index contributed by atoms with van der Waals surface area (Å²) in [5, 5.41) is 1.29. The summed E-state index contributed by atoms with van der Waals surface area (Å²) in [6.45, 7) is 7.90. The summed E-state index contributed by atoms with van der Waals surface area (Å²) < 4.78 is 6.67. The van der Waals surface area contributed by atoms with Crippen LogP contribution in [0.3, 0.4) is 0 Å². The van der Waals surface area contributed by atoms with E-state index in [0.29, 0.717) is 0 Å². The van der Waals surface area contributed by atoms with E-state index >= 15 is 0 Å². The van der Waals surface area contributed by atoms with E-state index in [1.165, 1.54) is 34.6 Å². The van der Waals surface area contributed by atoms with Gasteiger partial charge in [-0.2, -0.15) is 0 Å². The van der Waals surface area contributed by atoms with Gasteiger partial charge in [0.15, 0.2) is 0 Å². The summed E-state index contributed by atoms with van der Waals surface area (Å²) in [5.41, 5.74) is 2.56. The number of aromatic nitrogens is 1. The summed E-state index contributed by atoms with van der Waals surface area (Å²) in [7, 11) is 2.60. The summed E-state index contributed by atoms with van der Waals surface area (Å²) >= 11 is 0. The number of H-pyrrole nitrogens is 1. The lowest BCUT2D eigenvalue weighted by Gasteiger charge is -2.29. The van der Waals surface area contributed by atoms with E-state index in [2.05, 4.69) is 69.1 Å². The molecular weight excluding hydrogens is 288 g/mol. The minimum atomic E-state index is -1.64. The van der Waals surface area contributed by atoms with Crippen LogP contribution in [0.5, 0.6) is 5.75 Å². The largest absolute Gasteiger partial charge is 0.543 e. The van der Waals surface area contributed by atoms with Gasteiger partial charge in [-0.25, -0.2) is 0 Å². The minimum absolute atomic E-state index is 1.05. The highest BCUT2D eigenvalue weighted by Gasteiger charge is 2.31. The molecule has 0 atom stereocenters. The van der Waals surface area contributed by atoms with Crippen LogP contribution in [0, 0.1) is 0 Å². The molecule has 0 radical (unpaired) electrons. The van der Waals surface area contributed by atoms with Crippen molar-refractivity contribution in [3.8, 4) is 5.75 Å². The van der Waals surface area contributed by atoms with Crippen molar-refractivity contribution in [3.05, 3.63) is 30.0 Å². The van der Waals surface area contributed by atoms with Gasteiger partial charge >= 0.3 is 0 Å². The van der Waals surface area contributed by atoms with Crippen LogP contribution in [0.2, 0.25) is 18.1 Å². The van der Waals surface area contributed by atoms with Crippen LogP contribution in [0.25, 0.3) is 10.9 Å². The number of nitrogens with zero attached hydrogens (tertiary/aromatic N) is 1. The Bertz CT molecular complexity index is 594. The molecule has 2 rings (SSSR count). The predicted octanol–water partition coefficient (Wildman–Crippen LogP) is 4.66. The first-order valence-electron chi connectivity index (χ1n) is 8.48. The van der Waals surface area contributed by atoms with Crippen LogP contribution < -0.4 is 4.43 Å². The fourth-order valence-corrected chi connectivity index (χ4v) is 5.62. The van der Waals surface area contributed by atoms with Gasteiger partial charge in [0.1, 0.15) is 5.75 Å². The van der Waals surface area contributed by atoms with Gasteiger partial charge in [-0.3, -0.25) is 0 Å². The lowest BCUT2D eigenvalue weighted by atomic mass is 10.1. The average Bonchev–Trinajstić information content (AvgIpc) is 2.95. The summed E-state index contributed by atoms with van der Waals surface area (Å²) in [6, 6.07) is 9.92. The normalized spacial score (nSPS) is 12.3. The molecule has 0 saturated carbocycles. The number of benzene rings is 1. The molecule has 0 aliphatic carbocycles. The van der Waals surface area contributed by atoms with Crippen LogP contribution in [0.4, 0.5) is 0 Å². The quantitative estimate of drug-likeness (QED) is 0.717. The molecule has 1 N–H and O–H groups in total. The maximum Gasteiger partial charge on any atom is 0.250 e. The van der Waals surface area contributed by atoms with E-state index in [9.17, 15) is 0 Å². The second-order valence-electron chi connectivity index (χ2n) is 6.39. The number of nitrogens with one attached hydrogen (secondary N) is 1. The van der Waals surface area contributed by atoms with Gasteiger partial charge in [0.05, 0.1) is 0 Å². The zero-order chi connectivity index (χ0) is 16.2. The maximum absolute atomic E-state index is 6.67. The molecule has 22 heavy (non-hydrogen) atoms. The molecule has 0 spiro atoms. The van der Waals surface area contributed by atoms with Crippen molar-refractivity contribution in [2.24, 2.45) is 0 Å². The van der Waals surface area contributed by atoms with Crippen LogP contribution in [-0.2, 0) is 6.42 Å². The van der Waals surface area contributed by atoms with Gasteiger partial charge in [-0.15, -0.1) is 0 Å². The first kappa shape index (κ1) is 17.1. The Balaban J connectivity index is 2.38. The lowest BCUT2D eigenvalue weighted by molar-refractivity contribution is 0.414. The van der Waals surface area contributed by atoms with Crippen molar-refractivity contribution >= 4 is 19.2 Å². The first-order valence-corrected chi connectivity index (χ1v) is 11.0. The van der Waals surface area contributed by atoms with Crippen molar-refractivity contribution in [3.63, 3.8) is 0 Å².